The molecule has 2 aromatic rings. The molecule has 0 aromatic heterocycles. The van der Waals surface area contributed by atoms with Crippen molar-refractivity contribution in [3.05, 3.63) is 63.6 Å². The number of benzene rings is 2. The number of nitrogens with zero attached hydrogens (tertiary/aromatic N) is 4. The lowest BCUT2D eigenvalue weighted by molar-refractivity contribution is 0.474. The van der Waals surface area contributed by atoms with Gasteiger partial charge in [0.05, 0.1) is 11.2 Å². The third-order valence-corrected chi connectivity index (χ3v) is 3.81. The molecule has 0 fully saturated rings. The van der Waals surface area contributed by atoms with Crippen LogP contribution in [0.5, 0.6) is 5.75 Å². The molecule has 0 saturated carbocycles. The minimum absolute atomic E-state index is 0.0285. The van der Waals surface area contributed by atoms with Gasteiger partial charge in [-0.25, -0.2) is 0 Å². The van der Waals surface area contributed by atoms with Crippen LogP contribution >= 0.6 is 23.2 Å². The van der Waals surface area contributed by atoms with Crippen molar-refractivity contribution in [1.82, 2.24) is 0 Å². The molecule has 0 unspecified atom stereocenters. The Morgan fingerprint density at radius 3 is 2.74 bits per heavy atom. The zero-order valence-electron chi connectivity index (χ0n) is 11.9. The van der Waals surface area contributed by atoms with Crippen LogP contribution < -0.4 is 0 Å². The maximum absolute atomic E-state index is 9.83. The number of phenols is 1. The van der Waals surface area contributed by atoms with Crippen molar-refractivity contribution in [3.63, 3.8) is 0 Å². The molecule has 1 aliphatic rings. The number of amidine groups is 1. The first kappa shape index (κ1) is 15.6. The maximum atomic E-state index is 9.83. The summed E-state index contributed by atoms with van der Waals surface area (Å²) in [6.07, 6.45) is 1.97. The van der Waals surface area contributed by atoms with Crippen LogP contribution in [0.1, 0.15) is 23.6 Å². The molecule has 2 aromatic carbocycles. The van der Waals surface area contributed by atoms with Crippen molar-refractivity contribution in [2.75, 3.05) is 0 Å². The molecule has 7 heteroatoms. The van der Waals surface area contributed by atoms with E-state index in [0.717, 1.165) is 5.56 Å². The topological polar surface area (TPSA) is 69.7 Å². The van der Waals surface area contributed by atoms with E-state index in [4.69, 9.17) is 23.2 Å². The molecular weight excluding hydrogens is 335 g/mol. The Morgan fingerprint density at radius 2 is 1.96 bits per heavy atom. The van der Waals surface area contributed by atoms with Gasteiger partial charge >= 0.3 is 0 Å². The summed E-state index contributed by atoms with van der Waals surface area (Å²) in [5.41, 5.74) is 1.48. The monoisotopic (exact) mass is 346 g/mol. The number of halogens is 2. The average molecular weight is 347 g/mol. The summed E-state index contributed by atoms with van der Waals surface area (Å²) in [6.45, 7) is 0. The molecule has 0 saturated heterocycles. The van der Waals surface area contributed by atoms with Gasteiger partial charge in [0.25, 0.3) is 0 Å². The Labute approximate surface area is 143 Å². The molecule has 1 atom stereocenters. The summed E-state index contributed by atoms with van der Waals surface area (Å²) in [5, 5.41) is 26.6. The number of hydrogen-bond acceptors (Lipinski definition) is 4. The van der Waals surface area contributed by atoms with Crippen molar-refractivity contribution in [1.29, 1.82) is 0 Å². The predicted octanol–water partition coefficient (Wildman–Crippen LogP) is 5.03. The van der Waals surface area contributed by atoms with Crippen LogP contribution in [-0.2, 0) is 0 Å². The van der Waals surface area contributed by atoms with Crippen molar-refractivity contribution in [2.45, 2.75) is 12.5 Å². The third-order valence-electron chi connectivity index (χ3n) is 3.30. The van der Waals surface area contributed by atoms with Crippen LogP contribution in [0.2, 0.25) is 10.0 Å². The van der Waals surface area contributed by atoms with Gasteiger partial charge in [-0.3, -0.25) is 0 Å². The SMILES string of the molecule is Oc1c(Cl)cc(Cl)cc1/C=N\N=C1\C[C@H](c2ccccc2)N=N1. The molecule has 0 aliphatic carbocycles. The van der Waals surface area contributed by atoms with Crippen molar-refractivity contribution < 1.29 is 5.11 Å². The van der Waals surface area contributed by atoms with Crippen molar-refractivity contribution in [2.24, 2.45) is 20.4 Å². The van der Waals surface area contributed by atoms with Gasteiger partial charge in [-0.2, -0.15) is 10.2 Å². The first-order valence-corrected chi connectivity index (χ1v) is 7.63. The second-order valence-corrected chi connectivity index (χ2v) is 5.78. The van der Waals surface area contributed by atoms with E-state index >= 15 is 0 Å². The van der Waals surface area contributed by atoms with Gasteiger partial charge in [-0.1, -0.05) is 53.5 Å². The van der Waals surface area contributed by atoms with Gasteiger partial charge in [-0.05, 0) is 17.7 Å². The number of phenolic OH excluding ortho intramolecular Hbond substituents is 1. The highest BCUT2D eigenvalue weighted by Gasteiger charge is 2.19. The largest absolute Gasteiger partial charge is 0.506 e. The van der Waals surface area contributed by atoms with Crippen LogP contribution in [0.25, 0.3) is 0 Å². The summed E-state index contributed by atoms with van der Waals surface area (Å²) in [4.78, 5) is 0. The fraction of sp³-hybridized carbons (Fsp3) is 0.125. The lowest BCUT2D eigenvalue weighted by atomic mass is 10.1. The van der Waals surface area contributed by atoms with E-state index in [0.29, 0.717) is 22.8 Å². The van der Waals surface area contributed by atoms with E-state index in [9.17, 15) is 5.11 Å². The van der Waals surface area contributed by atoms with E-state index in [2.05, 4.69) is 20.4 Å². The molecule has 1 aliphatic heterocycles. The Kier molecular flexibility index (Phi) is 4.69. The summed E-state index contributed by atoms with van der Waals surface area (Å²) < 4.78 is 0. The number of aromatic hydroxyl groups is 1. The molecule has 1 heterocycles. The fourth-order valence-corrected chi connectivity index (χ4v) is 2.66. The minimum atomic E-state index is -0.0878. The van der Waals surface area contributed by atoms with E-state index in [1.54, 1.807) is 6.07 Å². The molecule has 3 rings (SSSR count). The molecule has 0 radical (unpaired) electrons. The molecular formula is C16H12Cl2N4O. The molecule has 116 valence electrons. The van der Waals surface area contributed by atoms with Gasteiger partial charge in [0.2, 0.25) is 0 Å². The Hall–Kier alpha value is -2.24. The molecule has 23 heavy (non-hydrogen) atoms. The van der Waals surface area contributed by atoms with E-state index in [1.165, 1.54) is 12.3 Å². The lowest BCUT2D eigenvalue weighted by Crippen LogP contribution is -1.95. The highest BCUT2D eigenvalue weighted by atomic mass is 35.5. The van der Waals surface area contributed by atoms with Crippen LogP contribution in [0, 0.1) is 0 Å². The lowest BCUT2D eigenvalue weighted by Gasteiger charge is -2.03. The zero-order chi connectivity index (χ0) is 16.2. The minimum Gasteiger partial charge on any atom is -0.506 e. The first-order valence-electron chi connectivity index (χ1n) is 6.87. The summed E-state index contributed by atoms with van der Waals surface area (Å²) in [5.74, 6) is 0.443. The maximum Gasteiger partial charge on any atom is 0.175 e. The van der Waals surface area contributed by atoms with E-state index < -0.39 is 0 Å². The van der Waals surface area contributed by atoms with Crippen molar-refractivity contribution in [3.8, 4) is 5.75 Å². The van der Waals surface area contributed by atoms with Crippen LogP contribution in [0.4, 0.5) is 0 Å². The van der Waals surface area contributed by atoms with Crippen LogP contribution in [0.15, 0.2) is 62.9 Å². The number of rotatable bonds is 3. The van der Waals surface area contributed by atoms with Crippen LogP contribution in [0.3, 0.4) is 0 Å². The van der Waals surface area contributed by atoms with Crippen molar-refractivity contribution >= 4 is 35.3 Å². The molecule has 1 N–H and O–H groups in total. The van der Waals surface area contributed by atoms with Gasteiger partial charge in [-0.15, -0.1) is 10.2 Å². The predicted molar refractivity (Wildman–Crippen MR) is 91.8 cm³/mol. The van der Waals surface area contributed by atoms with E-state index in [1.807, 2.05) is 30.3 Å². The number of azo groups is 1. The second kappa shape index (κ2) is 6.89. The van der Waals surface area contributed by atoms with Gasteiger partial charge in [0.15, 0.2) is 5.84 Å². The Bertz CT molecular complexity index is 803. The molecule has 0 amide bonds. The van der Waals surface area contributed by atoms with Gasteiger partial charge in [0, 0.05) is 17.0 Å². The third kappa shape index (κ3) is 3.75. The molecule has 0 spiro atoms. The fourth-order valence-electron chi connectivity index (χ4n) is 2.15. The molecule has 0 bridgehead atoms. The number of hydrogen-bond donors (Lipinski definition) is 1. The summed E-state index contributed by atoms with van der Waals surface area (Å²) in [6, 6.07) is 12.9. The standard InChI is InChI=1S/C16H12Cl2N4O/c17-12-6-11(16(23)13(18)7-12)9-19-21-15-8-14(20-22-15)10-4-2-1-3-5-10/h1-7,9,14,23H,8H2/b19-9-,21-15-/t14-/m1/s1. The smallest absolute Gasteiger partial charge is 0.175 e. The quantitative estimate of drug-likeness (QED) is 0.614. The van der Waals surface area contributed by atoms with E-state index in [-0.39, 0.29) is 16.8 Å². The Balaban J connectivity index is 1.71. The second-order valence-electron chi connectivity index (χ2n) is 4.93. The highest BCUT2D eigenvalue weighted by molar-refractivity contribution is 6.36. The van der Waals surface area contributed by atoms with Crippen LogP contribution in [-0.4, -0.2) is 17.2 Å². The summed E-state index contributed by atoms with van der Waals surface area (Å²) >= 11 is 11.7. The zero-order valence-corrected chi connectivity index (χ0v) is 13.4. The summed E-state index contributed by atoms with van der Waals surface area (Å²) in [7, 11) is 0. The first-order chi connectivity index (χ1) is 11.1. The highest BCUT2D eigenvalue weighted by Crippen LogP contribution is 2.30. The van der Waals surface area contributed by atoms with Gasteiger partial charge < -0.3 is 5.11 Å². The average Bonchev–Trinajstić information content (AvgIpc) is 3.02. The molecule has 5 nitrogen and oxygen atoms in total. The van der Waals surface area contributed by atoms with Gasteiger partial charge in [0.1, 0.15) is 11.8 Å². The normalized spacial score (nSPS) is 19.0. The Morgan fingerprint density at radius 1 is 1.17 bits per heavy atom.